The van der Waals surface area contributed by atoms with Crippen LogP contribution >= 0.6 is 0 Å². The first-order valence-corrected chi connectivity index (χ1v) is 19.8. The van der Waals surface area contributed by atoms with Gasteiger partial charge < -0.3 is 10.4 Å². The van der Waals surface area contributed by atoms with Gasteiger partial charge in [0.25, 0.3) is 10.1 Å². The van der Waals surface area contributed by atoms with Gasteiger partial charge in [-0.2, -0.15) is 8.42 Å². The van der Waals surface area contributed by atoms with Gasteiger partial charge >= 0.3 is 0 Å². The molecule has 2 atom stereocenters. The van der Waals surface area contributed by atoms with Crippen LogP contribution in [0.2, 0.25) is 0 Å². The smallest absolute Gasteiger partial charge is 0.267 e. The monoisotopic (exact) mass is 639 g/mol. The van der Waals surface area contributed by atoms with Crippen molar-refractivity contribution in [2.75, 3.05) is 5.75 Å². The van der Waals surface area contributed by atoms with Crippen molar-refractivity contribution in [1.82, 2.24) is 5.32 Å². The van der Waals surface area contributed by atoms with Crippen LogP contribution in [0.15, 0.2) is 36.5 Å². The number of rotatable bonds is 32. The van der Waals surface area contributed by atoms with Crippen LogP contribution in [0, 0.1) is 0 Å². The van der Waals surface area contributed by atoms with Crippen molar-refractivity contribution in [2.24, 2.45) is 0 Å². The second-order valence-corrected chi connectivity index (χ2v) is 14.0. The lowest BCUT2D eigenvalue weighted by Crippen LogP contribution is -2.46. The van der Waals surface area contributed by atoms with Crippen molar-refractivity contribution in [2.45, 2.75) is 187 Å². The van der Waals surface area contributed by atoms with Crippen molar-refractivity contribution in [3.8, 4) is 0 Å². The van der Waals surface area contributed by atoms with Crippen LogP contribution in [0.25, 0.3) is 0 Å². The Balaban J connectivity index is 4.01. The number of carbonyl (C=O) groups is 1. The molecule has 0 spiro atoms. The number of aliphatic hydroxyl groups is 1. The molecule has 0 rings (SSSR count). The van der Waals surface area contributed by atoms with Crippen molar-refractivity contribution in [3.05, 3.63) is 36.5 Å². The van der Waals surface area contributed by atoms with Gasteiger partial charge in [-0.25, -0.2) is 0 Å². The normalized spacial score (nSPS) is 13.8. The molecule has 0 saturated carbocycles. The molecule has 0 fully saturated rings. The SMILES string of the molecule is CCC/C=C\CCCCCCCC(=O)NC(CS(=O)(=O)O)C(O)/C=C/CC/C=C/CCCCCCCCCCCCCCC. The van der Waals surface area contributed by atoms with Crippen molar-refractivity contribution in [3.63, 3.8) is 0 Å². The Bertz CT molecular complexity index is 837. The minimum Gasteiger partial charge on any atom is -0.387 e. The van der Waals surface area contributed by atoms with E-state index in [0.717, 1.165) is 51.4 Å². The number of amides is 1. The Kier molecular flexibility index (Phi) is 30.5. The first-order valence-electron chi connectivity index (χ1n) is 18.2. The standard InChI is InChI=1S/C37H69NO5S/c1-3-5-7-9-11-13-15-16-17-18-19-20-21-22-23-24-26-28-30-32-36(39)35(34-44(41,42)43)38-37(40)33-31-29-27-25-14-12-10-8-6-4-2/h8,10,23-24,30,32,35-36,39H,3-7,9,11-22,25-29,31,33-34H2,1-2H3,(H,38,40)(H,41,42,43)/b10-8-,24-23+,32-30+. The lowest BCUT2D eigenvalue weighted by molar-refractivity contribution is -0.122. The van der Waals surface area contributed by atoms with Crippen molar-refractivity contribution < 1.29 is 22.9 Å². The third-order valence-electron chi connectivity index (χ3n) is 8.02. The molecule has 0 aliphatic heterocycles. The van der Waals surface area contributed by atoms with Crippen LogP contribution in [0.1, 0.15) is 174 Å². The highest BCUT2D eigenvalue weighted by molar-refractivity contribution is 7.85. The van der Waals surface area contributed by atoms with E-state index in [4.69, 9.17) is 0 Å². The number of carbonyl (C=O) groups excluding carboxylic acids is 1. The summed E-state index contributed by atoms with van der Waals surface area (Å²) in [6.07, 6.45) is 40.0. The van der Waals surface area contributed by atoms with Crippen molar-refractivity contribution in [1.29, 1.82) is 0 Å². The van der Waals surface area contributed by atoms with E-state index in [1.54, 1.807) is 6.08 Å². The van der Waals surface area contributed by atoms with E-state index < -0.39 is 28.0 Å². The number of hydrogen-bond donors (Lipinski definition) is 3. The molecule has 2 unspecified atom stereocenters. The molecule has 3 N–H and O–H groups in total. The third kappa shape index (κ3) is 32.0. The fourth-order valence-electron chi connectivity index (χ4n) is 5.29. The van der Waals surface area contributed by atoms with Crippen LogP contribution in [-0.2, 0) is 14.9 Å². The maximum atomic E-state index is 12.4. The molecule has 0 heterocycles. The Morgan fingerprint density at radius 3 is 1.52 bits per heavy atom. The molecule has 0 aliphatic rings. The van der Waals surface area contributed by atoms with Gasteiger partial charge in [0.2, 0.25) is 5.91 Å². The highest BCUT2D eigenvalue weighted by atomic mass is 32.2. The fourth-order valence-corrected chi connectivity index (χ4v) is 6.02. The van der Waals surface area contributed by atoms with Gasteiger partial charge in [-0.15, -0.1) is 0 Å². The molecule has 258 valence electrons. The number of hydrogen-bond acceptors (Lipinski definition) is 4. The molecule has 0 radical (unpaired) electrons. The summed E-state index contributed by atoms with van der Waals surface area (Å²) in [6.45, 7) is 4.44. The molecular formula is C37H69NO5S. The minimum atomic E-state index is -4.35. The van der Waals surface area contributed by atoms with Gasteiger partial charge in [-0.1, -0.05) is 153 Å². The third-order valence-corrected chi connectivity index (χ3v) is 8.80. The average Bonchev–Trinajstić information content (AvgIpc) is 2.98. The predicted molar refractivity (Wildman–Crippen MR) is 189 cm³/mol. The zero-order valence-electron chi connectivity index (χ0n) is 28.5. The maximum absolute atomic E-state index is 12.4. The van der Waals surface area contributed by atoms with Crippen LogP contribution in [0.3, 0.4) is 0 Å². The molecule has 6 nitrogen and oxygen atoms in total. The van der Waals surface area contributed by atoms with E-state index in [2.05, 4.69) is 43.5 Å². The van der Waals surface area contributed by atoms with Gasteiger partial charge in [0.1, 0.15) is 0 Å². The molecule has 1 amide bonds. The minimum absolute atomic E-state index is 0.277. The molecule has 0 saturated heterocycles. The number of unbranched alkanes of at least 4 members (excludes halogenated alkanes) is 20. The lowest BCUT2D eigenvalue weighted by Gasteiger charge is -2.21. The van der Waals surface area contributed by atoms with E-state index in [-0.39, 0.29) is 12.3 Å². The van der Waals surface area contributed by atoms with Crippen LogP contribution in [0.4, 0.5) is 0 Å². The summed E-state index contributed by atoms with van der Waals surface area (Å²) in [6, 6.07) is -1.07. The highest BCUT2D eigenvalue weighted by Gasteiger charge is 2.24. The number of allylic oxidation sites excluding steroid dienone is 5. The lowest BCUT2D eigenvalue weighted by atomic mass is 10.0. The van der Waals surface area contributed by atoms with E-state index >= 15 is 0 Å². The second kappa shape index (κ2) is 31.5. The summed E-state index contributed by atoms with van der Waals surface area (Å²) >= 11 is 0. The van der Waals surface area contributed by atoms with Gasteiger partial charge in [-0.3, -0.25) is 9.35 Å². The van der Waals surface area contributed by atoms with E-state index in [0.29, 0.717) is 12.8 Å². The number of aliphatic hydroxyl groups excluding tert-OH is 1. The molecular weight excluding hydrogens is 570 g/mol. The van der Waals surface area contributed by atoms with Crippen molar-refractivity contribution >= 4 is 16.0 Å². The number of nitrogens with one attached hydrogen (secondary N) is 1. The largest absolute Gasteiger partial charge is 0.387 e. The maximum Gasteiger partial charge on any atom is 0.267 e. The molecule has 0 aromatic heterocycles. The first kappa shape index (κ1) is 42.6. The quantitative estimate of drug-likeness (QED) is 0.0386. The van der Waals surface area contributed by atoms with Crippen LogP contribution in [-0.4, -0.2) is 41.9 Å². The first-order chi connectivity index (χ1) is 21.3. The highest BCUT2D eigenvalue weighted by Crippen LogP contribution is 2.13. The summed E-state index contributed by atoms with van der Waals surface area (Å²) in [5.74, 6) is -1.01. The van der Waals surface area contributed by atoms with Crippen LogP contribution < -0.4 is 5.32 Å². The van der Waals surface area contributed by atoms with Crippen LogP contribution in [0.5, 0.6) is 0 Å². The molecule has 7 heteroatoms. The molecule has 0 aromatic carbocycles. The molecule has 0 aromatic rings. The summed E-state index contributed by atoms with van der Waals surface area (Å²) in [4.78, 5) is 12.4. The molecule has 44 heavy (non-hydrogen) atoms. The summed E-state index contributed by atoms with van der Waals surface area (Å²) < 4.78 is 32.3. The summed E-state index contributed by atoms with van der Waals surface area (Å²) in [7, 11) is -4.35. The van der Waals surface area contributed by atoms with E-state index in [1.807, 2.05) is 0 Å². The van der Waals surface area contributed by atoms with Gasteiger partial charge in [0, 0.05) is 6.42 Å². The molecule has 0 aliphatic carbocycles. The van der Waals surface area contributed by atoms with Gasteiger partial charge in [0.05, 0.1) is 17.9 Å². The Labute approximate surface area is 272 Å². The van der Waals surface area contributed by atoms with E-state index in [9.17, 15) is 22.9 Å². The summed E-state index contributed by atoms with van der Waals surface area (Å²) in [5.41, 5.74) is 0. The Morgan fingerprint density at radius 1 is 0.591 bits per heavy atom. The average molecular weight is 640 g/mol. The summed E-state index contributed by atoms with van der Waals surface area (Å²) in [5, 5.41) is 13.1. The fraction of sp³-hybridized carbons (Fsp3) is 0.811. The molecule has 0 bridgehead atoms. The van der Waals surface area contributed by atoms with Gasteiger partial charge in [0.15, 0.2) is 0 Å². The Morgan fingerprint density at radius 2 is 1.02 bits per heavy atom. The van der Waals surface area contributed by atoms with Gasteiger partial charge in [-0.05, 0) is 51.4 Å². The second-order valence-electron chi connectivity index (χ2n) is 12.5. The Hall–Kier alpha value is -1.44. The predicted octanol–water partition coefficient (Wildman–Crippen LogP) is 10.2. The zero-order valence-corrected chi connectivity index (χ0v) is 29.3. The zero-order chi connectivity index (χ0) is 32.6. The topological polar surface area (TPSA) is 104 Å². The van der Waals surface area contributed by atoms with E-state index in [1.165, 1.54) is 96.0 Å².